The topological polar surface area (TPSA) is 58.1 Å². The van der Waals surface area contributed by atoms with Gasteiger partial charge in [0.05, 0.1) is 19.8 Å². The summed E-state index contributed by atoms with van der Waals surface area (Å²) in [7, 11) is 1.83. The molecular weight excluding hydrogens is 467 g/mol. The zero-order valence-corrected chi connectivity index (χ0v) is 19.3. The average molecular weight is 502 g/mol. The summed E-state index contributed by atoms with van der Waals surface area (Å²) in [5.41, 5.74) is 0.236. The van der Waals surface area contributed by atoms with Gasteiger partial charge in [-0.1, -0.05) is 37.5 Å². The van der Waals surface area contributed by atoms with E-state index in [9.17, 15) is 0 Å². The molecule has 2 fully saturated rings. The van der Waals surface area contributed by atoms with Crippen LogP contribution in [-0.4, -0.2) is 69.4 Å². The van der Waals surface area contributed by atoms with Crippen molar-refractivity contribution in [3.8, 4) is 5.75 Å². The molecule has 1 aliphatic carbocycles. The first-order valence-electron chi connectivity index (χ1n) is 10.3. The Kier molecular flexibility index (Phi) is 10.4. The largest absolute Gasteiger partial charge is 0.492 e. The van der Waals surface area contributed by atoms with Crippen LogP contribution in [0.1, 0.15) is 32.1 Å². The maximum absolute atomic E-state index is 5.74. The molecule has 3 rings (SSSR count). The number of nitrogens with one attached hydrogen (secondary N) is 2. The maximum atomic E-state index is 5.74. The van der Waals surface area contributed by atoms with Gasteiger partial charge in [0.15, 0.2) is 5.96 Å². The minimum atomic E-state index is 0. The quantitative estimate of drug-likeness (QED) is 0.260. The van der Waals surface area contributed by atoms with Crippen LogP contribution in [0.4, 0.5) is 0 Å². The highest BCUT2D eigenvalue weighted by atomic mass is 127. The lowest BCUT2D eigenvalue weighted by Crippen LogP contribution is -2.60. The number of guanidine groups is 1. The van der Waals surface area contributed by atoms with E-state index in [1.807, 2.05) is 37.4 Å². The number of para-hydroxylation sites is 1. The highest BCUT2D eigenvalue weighted by molar-refractivity contribution is 14.0. The maximum Gasteiger partial charge on any atom is 0.191 e. The van der Waals surface area contributed by atoms with Crippen molar-refractivity contribution in [1.82, 2.24) is 15.5 Å². The number of ether oxygens (including phenoxy) is 2. The standard InChI is InChI=1S/C21H34N4O2.HI/c1-22-20(23-12-15-27-19-8-4-2-5-9-19)24-18-21(10-6-3-7-11-21)25-13-16-26-17-14-25;/h2,4-5,8-9H,3,6-7,10-18H2,1H3,(H2,22,23,24);1H. The van der Waals surface area contributed by atoms with Gasteiger partial charge in [0, 0.05) is 32.2 Å². The minimum absolute atomic E-state index is 0. The Morgan fingerprint density at radius 1 is 1.11 bits per heavy atom. The van der Waals surface area contributed by atoms with Crippen LogP contribution in [0.15, 0.2) is 35.3 Å². The molecule has 158 valence electrons. The molecule has 2 aliphatic rings. The lowest BCUT2D eigenvalue weighted by Gasteiger charge is -2.48. The molecule has 7 heteroatoms. The molecule has 2 N–H and O–H groups in total. The second kappa shape index (κ2) is 12.5. The zero-order chi connectivity index (χ0) is 18.8. The lowest BCUT2D eigenvalue weighted by atomic mass is 9.80. The van der Waals surface area contributed by atoms with E-state index in [1.54, 1.807) is 0 Å². The second-order valence-corrected chi connectivity index (χ2v) is 7.40. The van der Waals surface area contributed by atoms with Crippen molar-refractivity contribution >= 4 is 29.9 Å². The number of aliphatic imine (C=N–C) groups is 1. The van der Waals surface area contributed by atoms with Crippen LogP contribution in [0.3, 0.4) is 0 Å². The van der Waals surface area contributed by atoms with Crippen LogP contribution in [0.25, 0.3) is 0 Å². The first kappa shape index (κ1) is 23.2. The summed E-state index contributed by atoms with van der Waals surface area (Å²) in [5, 5.41) is 6.95. The molecule has 0 unspecified atom stereocenters. The molecule has 0 bridgehead atoms. The number of nitrogens with zero attached hydrogens (tertiary/aromatic N) is 2. The number of hydrogen-bond donors (Lipinski definition) is 2. The van der Waals surface area contributed by atoms with Crippen LogP contribution < -0.4 is 15.4 Å². The summed E-state index contributed by atoms with van der Waals surface area (Å²) in [6.07, 6.45) is 6.50. The fraction of sp³-hybridized carbons (Fsp3) is 0.667. The Morgan fingerprint density at radius 2 is 1.82 bits per heavy atom. The van der Waals surface area contributed by atoms with Crippen molar-refractivity contribution in [1.29, 1.82) is 0 Å². The Balaban J connectivity index is 0.00000280. The summed E-state index contributed by atoms with van der Waals surface area (Å²) >= 11 is 0. The highest BCUT2D eigenvalue weighted by Gasteiger charge is 2.38. The average Bonchev–Trinajstić information content (AvgIpc) is 2.75. The van der Waals surface area contributed by atoms with E-state index in [0.717, 1.165) is 51.1 Å². The number of halogens is 1. The molecule has 0 amide bonds. The number of rotatable bonds is 7. The molecule has 0 radical (unpaired) electrons. The van der Waals surface area contributed by atoms with Crippen molar-refractivity contribution in [2.45, 2.75) is 37.6 Å². The molecule has 1 aromatic carbocycles. The molecule has 1 aliphatic heterocycles. The molecule has 1 saturated heterocycles. The Morgan fingerprint density at radius 3 is 2.50 bits per heavy atom. The fourth-order valence-corrected chi connectivity index (χ4v) is 4.18. The summed E-state index contributed by atoms with van der Waals surface area (Å²) in [4.78, 5) is 7.04. The summed E-state index contributed by atoms with van der Waals surface area (Å²) in [6.45, 7) is 6.05. The van der Waals surface area contributed by atoms with E-state index in [1.165, 1.54) is 32.1 Å². The van der Waals surface area contributed by atoms with E-state index in [2.05, 4.69) is 20.5 Å². The molecule has 6 nitrogen and oxygen atoms in total. The molecule has 1 saturated carbocycles. The van der Waals surface area contributed by atoms with Crippen LogP contribution in [0.5, 0.6) is 5.75 Å². The first-order chi connectivity index (χ1) is 13.3. The third-order valence-electron chi connectivity index (χ3n) is 5.68. The van der Waals surface area contributed by atoms with Crippen molar-refractivity contribution in [3.63, 3.8) is 0 Å². The molecule has 28 heavy (non-hydrogen) atoms. The third-order valence-corrected chi connectivity index (χ3v) is 5.68. The van der Waals surface area contributed by atoms with E-state index in [0.29, 0.717) is 6.61 Å². The lowest BCUT2D eigenvalue weighted by molar-refractivity contribution is -0.0352. The van der Waals surface area contributed by atoms with Gasteiger partial charge in [-0.15, -0.1) is 24.0 Å². The zero-order valence-electron chi connectivity index (χ0n) is 17.0. The molecule has 1 aromatic rings. The second-order valence-electron chi connectivity index (χ2n) is 7.40. The van der Waals surface area contributed by atoms with Gasteiger partial charge in [0.1, 0.15) is 12.4 Å². The smallest absolute Gasteiger partial charge is 0.191 e. The van der Waals surface area contributed by atoms with Gasteiger partial charge in [-0.2, -0.15) is 0 Å². The highest BCUT2D eigenvalue weighted by Crippen LogP contribution is 2.33. The van der Waals surface area contributed by atoms with Crippen LogP contribution in [0.2, 0.25) is 0 Å². The first-order valence-corrected chi connectivity index (χ1v) is 10.3. The van der Waals surface area contributed by atoms with Crippen molar-refractivity contribution in [2.75, 3.05) is 53.0 Å². The van der Waals surface area contributed by atoms with Crippen molar-refractivity contribution < 1.29 is 9.47 Å². The predicted octanol–water partition coefficient (Wildman–Crippen LogP) is 2.88. The number of benzene rings is 1. The van der Waals surface area contributed by atoms with Gasteiger partial charge in [0.25, 0.3) is 0 Å². The normalized spacial score (nSPS) is 20.1. The van der Waals surface area contributed by atoms with Crippen molar-refractivity contribution in [3.05, 3.63) is 30.3 Å². The Labute approximate surface area is 186 Å². The van der Waals surface area contributed by atoms with Crippen LogP contribution in [-0.2, 0) is 4.74 Å². The van der Waals surface area contributed by atoms with Crippen LogP contribution in [0, 0.1) is 0 Å². The van der Waals surface area contributed by atoms with Gasteiger partial charge in [-0.3, -0.25) is 9.89 Å². The van der Waals surface area contributed by atoms with E-state index in [-0.39, 0.29) is 29.5 Å². The summed E-state index contributed by atoms with van der Waals surface area (Å²) in [6, 6.07) is 9.91. The van der Waals surface area contributed by atoms with Gasteiger partial charge in [-0.25, -0.2) is 0 Å². The molecule has 0 aromatic heterocycles. The van der Waals surface area contributed by atoms with Gasteiger partial charge >= 0.3 is 0 Å². The van der Waals surface area contributed by atoms with E-state index < -0.39 is 0 Å². The Bertz CT molecular complexity index is 573. The molecule has 0 spiro atoms. The predicted molar refractivity (Wildman–Crippen MR) is 125 cm³/mol. The van der Waals surface area contributed by atoms with E-state index in [4.69, 9.17) is 9.47 Å². The van der Waals surface area contributed by atoms with Gasteiger partial charge < -0.3 is 20.1 Å². The van der Waals surface area contributed by atoms with Crippen molar-refractivity contribution in [2.24, 2.45) is 4.99 Å². The SMILES string of the molecule is CN=C(NCCOc1ccccc1)NCC1(N2CCOCC2)CCCCC1.I. The molecular formula is C21H35IN4O2. The van der Waals surface area contributed by atoms with Gasteiger partial charge in [-0.05, 0) is 25.0 Å². The fourth-order valence-electron chi connectivity index (χ4n) is 4.18. The van der Waals surface area contributed by atoms with Crippen LogP contribution >= 0.6 is 24.0 Å². The molecule has 0 atom stereocenters. The number of morpholine rings is 1. The third kappa shape index (κ3) is 6.77. The monoisotopic (exact) mass is 502 g/mol. The number of hydrogen-bond acceptors (Lipinski definition) is 4. The Hall–Kier alpha value is -1.06. The summed E-state index contributed by atoms with van der Waals surface area (Å²) in [5.74, 6) is 1.75. The van der Waals surface area contributed by atoms with E-state index >= 15 is 0 Å². The molecule has 1 heterocycles. The minimum Gasteiger partial charge on any atom is -0.492 e. The summed E-state index contributed by atoms with van der Waals surface area (Å²) < 4.78 is 11.3. The van der Waals surface area contributed by atoms with Gasteiger partial charge in [0.2, 0.25) is 0 Å².